The van der Waals surface area contributed by atoms with E-state index in [1.807, 2.05) is 26.5 Å². The lowest BCUT2D eigenvalue weighted by atomic mass is 10.1. The summed E-state index contributed by atoms with van der Waals surface area (Å²) in [4.78, 5) is 6.59. The van der Waals surface area contributed by atoms with Gasteiger partial charge in [0.15, 0.2) is 5.96 Å². The summed E-state index contributed by atoms with van der Waals surface area (Å²) < 4.78 is 12.7. The molecule has 1 aromatic heterocycles. The minimum absolute atomic E-state index is 0.0463. The van der Waals surface area contributed by atoms with Crippen molar-refractivity contribution in [2.75, 3.05) is 47.0 Å². The van der Waals surface area contributed by atoms with Gasteiger partial charge in [-0.2, -0.15) is 5.10 Å². The fraction of sp³-hybridized carbons (Fsp3) is 0.714. The van der Waals surface area contributed by atoms with Crippen LogP contribution in [0.1, 0.15) is 18.1 Å². The van der Waals surface area contributed by atoms with Gasteiger partial charge in [-0.15, -0.1) is 0 Å². The Kier molecular flexibility index (Phi) is 6.01. The van der Waals surface area contributed by atoms with Gasteiger partial charge < -0.3 is 19.7 Å². The summed E-state index contributed by atoms with van der Waals surface area (Å²) in [6.07, 6.45) is 4.88. The van der Waals surface area contributed by atoms with Gasteiger partial charge in [-0.25, -0.2) is 0 Å². The number of ether oxygens (including phenoxy) is 2. The van der Waals surface area contributed by atoms with E-state index in [-0.39, 0.29) is 6.10 Å². The molecule has 2 rings (SSSR count). The number of guanidine groups is 1. The summed E-state index contributed by atoms with van der Waals surface area (Å²) in [6, 6.07) is 0. The zero-order valence-corrected chi connectivity index (χ0v) is 13.1. The molecular formula is C14H25N5O2. The van der Waals surface area contributed by atoms with Gasteiger partial charge >= 0.3 is 0 Å². The standard InChI is InChI=1S/C14H25N5O2/c1-15-14(16-5-4-7-20-3)19-6-8-21-13(11-19)12-9-17-18(2)10-12/h9-10,13H,4-8,11H2,1-3H3,(H,15,16). The van der Waals surface area contributed by atoms with Crippen LogP contribution in [0, 0.1) is 0 Å². The SMILES string of the molecule is CN=C(NCCCOC)N1CCOC(c2cnn(C)c2)C1. The van der Waals surface area contributed by atoms with E-state index in [2.05, 4.69) is 20.3 Å². The number of aromatic nitrogens is 2. The molecule has 0 saturated carbocycles. The van der Waals surface area contributed by atoms with E-state index >= 15 is 0 Å². The molecule has 1 aliphatic rings. The maximum atomic E-state index is 5.85. The average molecular weight is 295 g/mol. The molecule has 0 aromatic carbocycles. The summed E-state index contributed by atoms with van der Waals surface area (Å²) in [5.41, 5.74) is 1.11. The van der Waals surface area contributed by atoms with E-state index in [1.165, 1.54) is 0 Å². The highest BCUT2D eigenvalue weighted by Gasteiger charge is 2.24. The molecule has 118 valence electrons. The Morgan fingerprint density at radius 1 is 1.62 bits per heavy atom. The van der Waals surface area contributed by atoms with Gasteiger partial charge in [0, 0.05) is 52.7 Å². The van der Waals surface area contributed by atoms with Gasteiger partial charge in [0.1, 0.15) is 6.10 Å². The third-order valence-corrected chi connectivity index (χ3v) is 3.48. The lowest BCUT2D eigenvalue weighted by Gasteiger charge is -2.34. The third kappa shape index (κ3) is 4.44. The zero-order chi connectivity index (χ0) is 15.1. The molecule has 1 aliphatic heterocycles. The van der Waals surface area contributed by atoms with E-state index in [1.54, 1.807) is 11.8 Å². The van der Waals surface area contributed by atoms with Crippen LogP contribution >= 0.6 is 0 Å². The lowest BCUT2D eigenvalue weighted by Crippen LogP contribution is -2.48. The van der Waals surface area contributed by atoms with Crippen molar-refractivity contribution in [3.8, 4) is 0 Å². The summed E-state index contributed by atoms with van der Waals surface area (Å²) in [5.74, 6) is 0.920. The van der Waals surface area contributed by atoms with Gasteiger partial charge in [-0.1, -0.05) is 0 Å². The first-order valence-electron chi connectivity index (χ1n) is 7.29. The van der Waals surface area contributed by atoms with Crippen molar-refractivity contribution in [3.63, 3.8) is 0 Å². The second kappa shape index (κ2) is 7.99. The van der Waals surface area contributed by atoms with Gasteiger partial charge in [-0.3, -0.25) is 9.67 Å². The van der Waals surface area contributed by atoms with E-state index in [4.69, 9.17) is 9.47 Å². The highest BCUT2D eigenvalue weighted by molar-refractivity contribution is 5.80. The molecule has 7 nitrogen and oxygen atoms in total. The first kappa shape index (κ1) is 15.8. The predicted octanol–water partition coefficient (Wildman–Crippen LogP) is 0.405. The molecule has 0 radical (unpaired) electrons. The van der Waals surface area contributed by atoms with E-state index in [0.717, 1.165) is 44.2 Å². The lowest BCUT2D eigenvalue weighted by molar-refractivity contribution is -0.00804. The van der Waals surface area contributed by atoms with Crippen molar-refractivity contribution in [2.24, 2.45) is 12.0 Å². The molecule has 2 heterocycles. The fourth-order valence-corrected chi connectivity index (χ4v) is 2.40. The Hall–Kier alpha value is -1.60. The number of methoxy groups -OCH3 is 1. The number of hydrogen-bond acceptors (Lipinski definition) is 4. The molecule has 1 fully saturated rings. The number of rotatable bonds is 5. The number of nitrogens with zero attached hydrogens (tertiary/aromatic N) is 4. The number of morpholine rings is 1. The molecule has 1 aromatic rings. The Labute approximate surface area is 125 Å². The molecule has 1 N–H and O–H groups in total. The molecule has 0 aliphatic carbocycles. The van der Waals surface area contributed by atoms with Crippen LogP contribution in [0.5, 0.6) is 0 Å². The number of nitrogens with one attached hydrogen (secondary N) is 1. The molecule has 1 unspecified atom stereocenters. The maximum Gasteiger partial charge on any atom is 0.193 e. The van der Waals surface area contributed by atoms with Gasteiger partial charge in [0.05, 0.1) is 19.3 Å². The molecule has 0 amide bonds. The van der Waals surface area contributed by atoms with Crippen LogP contribution in [0.2, 0.25) is 0 Å². The number of hydrogen-bond donors (Lipinski definition) is 1. The molecular weight excluding hydrogens is 270 g/mol. The van der Waals surface area contributed by atoms with Gasteiger partial charge in [0.25, 0.3) is 0 Å². The van der Waals surface area contributed by atoms with Crippen molar-refractivity contribution < 1.29 is 9.47 Å². The summed E-state index contributed by atoms with van der Waals surface area (Å²) >= 11 is 0. The average Bonchev–Trinajstić information content (AvgIpc) is 2.94. The van der Waals surface area contributed by atoms with Crippen molar-refractivity contribution in [3.05, 3.63) is 18.0 Å². The minimum Gasteiger partial charge on any atom is -0.385 e. The minimum atomic E-state index is 0.0463. The zero-order valence-electron chi connectivity index (χ0n) is 13.1. The normalized spacial score (nSPS) is 19.9. The monoisotopic (exact) mass is 295 g/mol. The summed E-state index contributed by atoms with van der Waals surface area (Å²) in [7, 11) is 5.45. The first-order chi connectivity index (χ1) is 10.2. The van der Waals surface area contributed by atoms with Crippen LogP contribution in [0.15, 0.2) is 17.4 Å². The Morgan fingerprint density at radius 3 is 3.14 bits per heavy atom. The smallest absolute Gasteiger partial charge is 0.193 e. The molecule has 21 heavy (non-hydrogen) atoms. The van der Waals surface area contributed by atoms with Gasteiger partial charge in [-0.05, 0) is 6.42 Å². The molecule has 7 heteroatoms. The number of aryl methyl sites for hydroxylation is 1. The van der Waals surface area contributed by atoms with Crippen LogP contribution in [-0.2, 0) is 16.5 Å². The Balaban J connectivity index is 1.89. The summed E-state index contributed by atoms with van der Waals surface area (Å²) in [6.45, 7) is 3.94. The highest BCUT2D eigenvalue weighted by atomic mass is 16.5. The van der Waals surface area contributed by atoms with Crippen LogP contribution in [0.3, 0.4) is 0 Å². The van der Waals surface area contributed by atoms with Crippen LogP contribution in [0.4, 0.5) is 0 Å². The van der Waals surface area contributed by atoms with Crippen molar-refractivity contribution in [2.45, 2.75) is 12.5 Å². The van der Waals surface area contributed by atoms with E-state index in [9.17, 15) is 0 Å². The van der Waals surface area contributed by atoms with Crippen LogP contribution < -0.4 is 5.32 Å². The molecule has 0 bridgehead atoms. The van der Waals surface area contributed by atoms with Gasteiger partial charge in [0.2, 0.25) is 0 Å². The van der Waals surface area contributed by atoms with Crippen LogP contribution in [0.25, 0.3) is 0 Å². The van der Waals surface area contributed by atoms with Crippen molar-refractivity contribution >= 4 is 5.96 Å². The quantitative estimate of drug-likeness (QED) is 0.484. The first-order valence-corrected chi connectivity index (χ1v) is 7.29. The number of aliphatic imine (C=N–C) groups is 1. The Morgan fingerprint density at radius 2 is 2.48 bits per heavy atom. The van der Waals surface area contributed by atoms with E-state index < -0.39 is 0 Å². The predicted molar refractivity (Wildman–Crippen MR) is 81.3 cm³/mol. The van der Waals surface area contributed by atoms with Crippen molar-refractivity contribution in [1.82, 2.24) is 20.0 Å². The second-order valence-corrected chi connectivity index (χ2v) is 5.07. The Bertz CT molecular complexity index is 460. The highest BCUT2D eigenvalue weighted by Crippen LogP contribution is 2.21. The van der Waals surface area contributed by atoms with Crippen LogP contribution in [-0.4, -0.2) is 67.6 Å². The second-order valence-electron chi connectivity index (χ2n) is 5.07. The molecule has 1 atom stereocenters. The van der Waals surface area contributed by atoms with E-state index in [0.29, 0.717) is 6.61 Å². The fourth-order valence-electron chi connectivity index (χ4n) is 2.40. The molecule has 0 spiro atoms. The summed E-state index contributed by atoms with van der Waals surface area (Å²) in [5, 5.41) is 7.58. The third-order valence-electron chi connectivity index (χ3n) is 3.48. The van der Waals surface area contributed by atoms with Crippen molar-refractivity contribution in [1.29, 1.82) is 0 Å². The topological polar surface area (TPSA) is 63.9 Å². The largest absolute Gasteiger partial charge is 0.385 e. The maximum absolute atomic E-state index is 5.85. The molecule has 1 saturated heterocycles.